The van der Waals surface area contributed by atoms with E-state index in [4.69, 9.17) is 16.3 Å². The van der Waals surface area contributed by atoms with Crippen molar-refractivity contribution in [3.05, 3.63) is 23.0 Å². The van der Waals surface area contributed by atoms with Crippen molar-refractivity contribution in [2.24, 2.45) is 0 Å². The zero-order valence-electron chi connectivity index (χ0n) is 9.40. The van der Waals surface area contributed by atoms with E-state index in [9.17, 15) is 4.79 Å². The Morgan fingerprint density at radius 3 is 3.18 bits per heavy atom. The molecule has 2 rings (SSSR count). The van der Waals surface area contributed by atoms with E-state index in [0.29, 0.717) is 23.0 Å². The summed E-state index contributed by atoms with van der Waals surface area (Å²) >= 11 is 5.82. The van der Waals surface area contributed by atoms with Crippen LogP contribution in [0.4, 0.5) is 5.69 Å². The van der Waals surface area contributed by atoms with Crippen LogP contribution in [-0.2, 0) is 9.47 Å². The lowest BCUT2D eigenvalue weighted by molar-refractivity contribution is 0.0601. The molecular weight excluding hydrogens is 244 g/mol. The Hall–Kier alpha value is -1.33. The molecule has 0 radical (unpaired) electrons. The molecule has 1 N–H and O–H groups in total. The topological polar surface area (TPSA) is 60.5 Å². The molecule has 0 aromatic carbocycles. The summed E-state index contributed by atoms with van der Waals surface area (Å²) in [5.74, 6) is -0.435. The van der Waals surface area contributed by atoms with Gasteiger partial charge in [0, 0.05) is 12.8 Å². The quantitative estimate of drug-likeness (QED) is 0.659. The molecule has 92 valence electrons. The van der Waals surface area contributed by atoms with Crippen molar-refractivity contribution in [3.8, 4) is 0 Å². The number of nitrogens with one attached hydrogen (secondary N) is 1. The SMILES string of the molecule is COC(=O)c1cnc(Cl)cc1N[C@H]1CCOC1. The zero-order chi connectivity index (χ0) is 12.3. The minimum absolute atomic E-state index is 0.192. The molecule has 0 amide bonds. The Balaban J connectivity index is 2.22. The van der Waals surface area contributed by atoms with Crippen LogP contribution in [0.15, 0.2) is 12.3 Å². The maximum absolute atomic E-state index is 11.5. The van der Waals surface area contributed by atoms with Crippen LogP contribution in [0.5, 0.6) is 0 Å². The van der Waals surface area contributed by atoms with Crippen LogP contribution in [0.25, 0.3) is 0 Å². The number of aromatic nitrogens is 1. The summed E-state index contributed by atoms with van der Waals surface area (Å²) in [6.07, 6.45) is 2.31. The van der Waals surface area contributed by atoms with Gasteiger partial charge < -0.3 is 14.8 Å². The van der Waals surface area contributed by atoms with Gasteiger partial charge in [-0.05, 0) is 12.5 Å². The number of nitrogens with zero attached hydrogens (tertiary/aromatic N) is 1. The molecule has 5 nitrogen and oxygen atoms in total. The highest BCUT2D eigenvalue weighted by molar-refractivity contribution is 6.29. The van der Waals surface area contributed by atoms with Crippen molar-refractivity contribution in [1.29, 1.82) is 0 Å². The van der Waals surface area contributed by atoms with Gasteiger partial charge in [-0.25, -0.2) is 9.78 Å². The van der Waals surface area contributed by atoms with Crippen LogP contribution in [-0.4, -0.2) is 37.3 Å². The van der Waals surface area contributed by atoms with Crippen molar-refractivity contribution >= 4 is 23.3 Å². The van der Waals surface area contributed by atoms with Gasteiger partial charge in [-0.1, -0.05) is 11.6 Å². The molecule has 0 saturated carbocycles. The molecule has 0 spiro atoms. The smallest absolute Gasteiger partial charge is 0.341 e. The van der Waals surface area contributed by atoms with Crippen LogP contribution >= 0.6 is 11.6 Å². The molecule has 1 aromatic rings. The number of halogens is 1. The molecule has 0 bridgehead atoms. The average molecular weight is 257 g/mol. The molecule has 1 aliphatic heterocycles. The van der Waals surface area contributed by atoms with Crippen LogP contribution in [0.1, 0.15) is 16.8 Å². The van der Waals surface area contributed by atoms with Crippen molar-refractivity contribution < 1.29 is 14.3 Å². The van der Waals surface area contributed by atoms with Gasteiger partial charge in [-0.3, -0.25) is 0 Å². The summed E-state index contributed by atoms with van der Waals surface area (Å²) in [4.78, 5) is 15.4. The molecule has 1 aliphatic rings. The number of carbonyl (C=O) groups is 1. The Morgan fingerprint density at radius 1 is 1.71 bits per heavy atom. The fourth-order valence-corrected chi connectivity index (χ4v) is 1.85. The first kappa shape index (κ1) is 12.1. The first-order chi connectivity index (χ1) is 8.20. The summed E-state index contributed by atoms with van der Waals surface area (Å²) in [5.41, 5.74) is 1.01. The number of esters is 1. The number of hydrogen-bond acceptors (Lipinski definition) is 5. The van der Waals surface area contributed by atoms with Crippen LogP contribution in [0.3, 0.4) is 0 Å². The Morgan fingerprint density at radius 2 is 2.53 bits per heavy atom. The van der Waals surface area contributed by atoms with Gasteiger partial charge in [0.25, 0.3) is 0 Å². The monoisotopic (exact) mass is 256 g/mol. The summed E-state index contributed by atoms with van der Waals surface area (Å²) in [6, 6.07) is 1.81. The van der Waals surface area contributed by atoms with E-state index in [0.717, 1.165) is 13.0 Å². The average Bonchev–Trinajstić information content (AvgIpc) is 2.81. The lowest BCUT2D eigenvalue weighted by atomic mass is 10.2. The molecule has 0 aliphatic carbocycles. The van der Waals surface area contributed by atoms with Gasteiger partial charge in [0.15, 0.2) is 0 Å². The molecule has 1 aromatic heterocycles. The van der Waals surface area contributed by atoms with Crippen molar-refractivity contribution in [1.82, 2.24) is 4.98 Å². The molecule has 0 unspecified atom stereocenters. The van der Waals surface area contributed by atoms with E-state index in [2.05, 4.69) is 15.0 Å². The Kier molecular flexibility index (Phi) is 3.81. The second kappa shape index (κ2) is 5.33. The van der Waals surface area contributed by atoms with Crippen LogP contribution in [0, 0.1) is 0 Å². The maximum atomic E-state index is 11.5. The molecule has 1 atom stereocenters. The minimum atomic E-state index is -0.435. The van der Waals surface area contributed by atoms with Gasteiger partial charge in [0.2, 0.25) is 0 Å². The minimum Gasteiger partial charge on any atom is -0.465 e. The van der Waals surface area contributed by atoms with E-state index >= 15 is 0 Å². The van der Waals surface area contributed by atoms with E-state index in [1.165, 1.54) is 13.3 Å². The van der Waals surface area contributed by atoms with Gasteiger partial charge in [0.05, 0.1) is 25.4 Å². The van der Waals surface area contributed by atoms with E-state index in [-0.39, 0.29) is 6.04 Å². The Labute approximate surface area is 104 Å². The number of anilines is 1. The first-order valence-corrected chi connectivity index (χ1v) is 5.66. The predicted octanol–water partition coefficient (Wildman–Crippen LogP) is 1.72. The molecule has 17 heavy (non-hydrogen) atoms. The summed E-state index contributed by atoms with van der Waals surface area (Å²) in [5, 5.41) is 3.55. The third kappa shape index (κ3) is 2.87. The number of carbonyl (C=O) groups excluding carboxylic acids is 1. The predicted molar refractivity (Wildman–Crippen MR) is 63.4 cm³/mol. The highest BCUT2D eigenvalue weighted by atomic mass is 35.5. The third-order valence-corrected chi connectivity index (χ3v) is 2.77. The summed E-state index contributed by atoms with van der Waals surface area (Å²) in [6.45, 7) is 1.35. The zero-order valence-corrected chi connectivity index (χ0v) is 10.2. The standard InChI is InChI=1S/C11H13ClN2O3/c1-16-11(15)8-5-13-10(12)4-9(8)14-7-2-3-17-6-7/h4-5,7H,2-3,6H2,1H3,(H,13,14)/t7-/m0/s1. The highest BCUT2D eigenvalue weighted by Gasteiger charge is 2.19. The lowest BCUT2D eigenvalue weighted by Gasteiger charge is -2.15. The molecular formula is C11H13ClN2O3. The third-order valence-electron chi connectivity index (χ3n) is 2.57. The lowest BCUT2D eigenvalue weighted by Crippen LogP contribution is -2.21. The van der Waals surface area contributed by atoms with Crippen LogP contribution < -0.4 is 5.32 Å². The van der Waals surface area contributed by atoms with Crippen molar-refractivity contribution in [2.45, 2.75) is 12.5 Å². The van der Waals surface area contributed by atoms with Crippen LogP contribution in [0.2, 0.25) is 5.15 Å². The van der Waals surface area contributed by atoms with Crippen molar-refractivity contribution in [2.75, 3.05) is 25.6 Å². The van der Waals surface area contributed by atoms with Gasteiger partial charge in [-0.15, -0.1) is 0 Å². The first-order valence-electron chi connectivity index (χ1n) is 5.29. The van der Waals surface area contributed by atoms with E-state index < -0.39 is 5.97 Å². The number of pyridine rings is 1. The number of hydrogen-bond donors (Lipinski definition) is 1. The van der Waals surface area contributed by atoms with Gasteiger partial charge in [-0.2, -0.15) is 0 Å². The van der Waals surface area contributed by atoms with Gasteiger partial charge >= 0.3 is 5.97 Å². The molecule has 1 fully saturated rings. The number of ether oxygens (including phenoxy) is 2. The number of rotatable bonds is 3. The summed E-state index contributed by atoms with van der Waals surface area (Å²) in [7, 11) is 1.33. The van der Waals surface area contributed by atoms with Gasteiger partial charge in [0.1, 0.15) is 10.7 Å². The van der Waals surface area contributed by atoms with Crippen molar-refractivity contribution in [3.63, 3.8) is 0 Å². The second-order valence-corrected chi connectivity index (χ2v) is 4.14. The molecule has 1 saturated heterocycles. The highest BCUT2D eigenvalue weighted by Crippen LogP contribution is 2.22. The second-order valence-electron chi connectivity index (χ2n) is 3.75. The Bertz CT molecular complexity index is 419. The molecule has 6 heteroatoms. The fraction of sp³-hybridized carbons (Fsp3) is 0.455. The normalized spacial score (nSPS) is 19.1. The van der Waals surface area contributed by atoms with E-state index in [1.807, 2.05) is 0 Å². The largest absolute Gasteiger partial charge is 0.465 e. The number of methoxy groups -OCH3 is 1. The maximum Gasteiger partial charge on any atom is 0.341 e. The fourth-order valence-electron chi connectivity index (χ4n) is 1.69. The van der Waals surface area contributed by atoms with E-state index in [1.54, 1.807) is 6.07 Å². The summed E-state index contributed by atoms with van der Waals surface area (Å²) < 4.78 is 9.95. The molecule has 2 heterocycles.